The molecule has 0 spiro atoms. The largest absolute Gasteiger partial charge is 0.358 e. The Hall–Kier alpha value is 2.13. The first-order chi connectivity index (χ1) is 7.00. The second-order valence-electron chi connectivity index (χ2n) is 2.01. The van der Waals surface area contributed by atoms with Crippen LogP contribution in [0.15, 0.2) is 36.5 Å². The van der Waals surface area contributed by atoms with Crippen molar-refractivity contribution in [3.8, 4) is 0 Å². The second-order valence-corrected chi connectivity index (χ2v) is 2.01. The van der Waals surface area contributed by atoms with Crippen molar-refractivity contribution in [2.45, 2.75) is 40.5 Å². The predicted octanol–water partition coefficient (Wildman–Crippen LogP) is 5.55. The van der Waals surface area contributed by atoms with Crippen LogP contribution < -0.4 is 0 Å². The molecule has 0 unspecified atom stereocenters. The molecule has 0 bridgehead atoms. The summed E-state index contributed by atoms with van der Waals surface area (Å²) in [5.74, 6) is 0. The minimum atomic E-state index is 0. The van der Waals surface area contributed by atoms with Crippen LogP contribution in [0, 0.1) is 27.0 Å². The van der Waals surface area contributed by atoms with Crippen molar-refractivity contribution in [1.82, 2.24) is 0 Å². The molecule has 0 aromatic heterocycles. The normalized spacial score (nSPS) is 9.40. The minimum absolute atomic E-state index is 0. The van der Waals surface area contributed by atoms with Gasteiger partial charge in [-0.1, -0.05) is 27.7 Å². The van der Waals surface area contributed by atoms with Crippen molar-refractivity contribution in [1.29, 1.82) is 0 Å². The number of hydrogen-bond donors (Lipinski definition) is 0. The molecule has 2 rings (SSSR count). The first kappa shape index (κ1) is 49.5. The third kappa shape index (κ3) is 50.1. The van der Waals surface area contributed by atoms with Gasteiger partial charge in [0.15, 0.2) is 0 Å². The molecule has 1 radical (unpaired) electrons. The summed E-state index contributed by atoms with van der Waals surface area (Å²) < 4.78 is 0. The Balaban J connectivity index is -0.0000000156. The van der Waals surface area contributed by atoms with Gasteiger partial charge < -0.3 is 14.9 Å². The molecule has 0 fully saturated rings. The van der Waals surface area contributed by atoms with Crippen molar-refractivity contribution in [2.24, 2.45) is 0 Å². The molecule has 4 heteroatoms. The van der Waals surface area contributed by atoms with E-state index < -0.39 is 0 Å². The molecule has 0 aromatic carbocycles. The fourth-order valence-electron chi connectivity index (χ4n) is 0.680. The van der Waals surface area contributed by atoms with Gasteiger partial charge in [-0.15, -0.1) is 12.8 Å². The Morgan fingerprint density at radius 3 is 0.950 bits per heavy atom. The molecule has 0 nitrogen and oxygen atoms in total. The van der Waals surface area contributed by atoms with Crippen molar-refractivity contribution in [2.75, 3.05) is 0 Å². The molecule has 0 atom stereocenters. The SMILES string of the molecule is CC.CC.[C-]1=CC=CC1.[C-]1=CC=CC1.[CH3-].[CH3-].[W].[W].[W].[Y]. The summed E-state index contributed by atoms with van der Waals surface area (Å²) in [7, 11) is 0. The van der Waals surface area contributed by atoms with Gasteiger partial charge in [0, 0.05) is 95.9 Å². The number of allylic oxidation sites excluding steroid dienone is 8. The van der Waals surface area contributed by atoms with Crippen LogP contribution in [-0.2, 0) is 95.9 Å². The first-order valence-electron chi connectivity index (χ1n) is 5.43. The molecule has 0 aromatic rings. The van der Waals surface area contributed by atoms with Crippen LogP contribution in [0.1, 0.15) is 40.5 Å². The molecule has 0 saturated carbocycles. The summed E-state index contributed by atoms with van der Waals surface area (Å²) >= 11 is 0. The van der Waals surface area contributed by atoms with E-state index in [1.54, 1.807) is 0 Å². The standard InChI is InChI=1S/2C5H5.2C2H6.2CH3.3W.Y/c2*1-2-4-5-3-1;2*1-2;;;;;;/h2*1-3H,4H2;2*1-2H3;2*1H3;;;;/q2*-1;;;2*-1;;;;. The Morgan fingerprint density at radius 2 is 0.900 bits per heavy atom. The van der Waals surface area contributed by atoms with Crippen LogP contribution in [0.25, 0.3) is 0 Å². The first-order valence-corrected chi connectivity index (χ1v) is 5.43. The molecule has 20 heavy (non-hydrogen) atoms. The summed E-state index contributed by atoms with van der Waals surface area (Å²) in [6.45, 7) is 8.00. The quantitative estimate of drug-likeness (QED) is 0.281. The average Bonchev–Trinajstić information content (AvgIpc) is 3.01. The van der Waals surface area contributed by atoms with Crippen LogP contribution >= 0.6 is 0 Å². The predicted molar refractivity (Wildman–Crippen MR) is 78.7 cm³/mol. The van der Waals surface area contributed by atoms with Gasteiger partial charge in [-0.2, -0.15) is 12.2 Å². The monoisotopic (exact) mass is 861 g/mol. The van der Waals surface area contributed by atoms with E-state index in [-0.39, 0.29) is 111 Å². The Kier molecular flexibility index (Phi) is 144. The van der Waals surface area contributed by atoms with Crippen LogP contribution in [-0.4, -0.2) is 0 Å². The molecular formula is C16H28W3Y-4. The number of hydrogen-bond acceptors (Lipinski definition) is 0. The van der Waals surface area contributed by atoms with E-state index >= 15 is 0 Å². The maximum absolute atomic E-state index is 2.99. The smallest absolute Gasteiger partial charge is 0 e. The van der Waals surface area contributed by atoms with Crippen LogP contribution in [0.4, 0.5) is 0 Å². The Morgan fingerprint density at radius 1 is 0.650 bits per heavy atom. The van der Waals surface area contributed by atoms with Gasteiger partial charge in [0.1, 0.15) is 0 Å². The van der Waals surface area contributed by atoms with Gasteiger partial charge in [0.05, 0.1) is 0 Å². The van der Waals surface area contributed by atoms with Gasteiger partial charge in [-0.25, -0.2) is 24.3 Å². The second kappa shape index (κ2) is 58.2. The summed E-state index contributed by atoms with van der Waals surface area (Å²) in [4.78, 5) is 0. The molecule has 117 valence electrons. The van der Waals surface area contributed by atoms with Crippen LogP contribution in [0.5, 0.6) is 0 Å². The van der Waals surface area contributed by atoms with Gasteiger partial charge in [0.25, 0.3) is 0 Å². The topological polar surface area (TPSA) is 0 Å². The fraction of sp³-hybridized carbons (Fsp3) is 0.375. The minimum Gasteiger partial charge on any atom is -0.358 e. The van der Waals surface area contributed by atoms with E-state index in [9.17, 15) is 0 Å². The molecule has 0 amide bonds. The third-order valence-electron chi connectivity index (χ3n) is 1.17. The van der Waals surface area contributed by atoms with E-state index in [0.717, 1.165) is 12.8 Å². The van der Waals surface area contributed by atoms with Crippen molar-refractivity contribution in [3.63, 3.8) is 0 Å². The van der Waals surface area contributed by atoms with Gasteiger partial charge in [-0.05, 0) is 0 Å². The van der Waals surface area contributed by atoms with Crippen molar-refractivity contribution >= 4 is 0 Å². The molecular weight excluding hydrogens is 833 g/mol. The Bertz CT molecular complexity index is 156. The molecule has 0 heterocycles. The molecule has 0 saturated heterocycles. The zero-order chi connectivity index (χ0) is 11.1. The summed E-state index contributed by atoms with van der Waals surface area (Å²) in [5.41, 5.74) is 0. The fourth-order valence-corrected chi connectivity index (χ4v) is 0.680. The zero-order valence-electron chi connectivity index (χ0n) is 13.7. The van der Waals surface area contributed by atoms with Crippen molar-refractivity contribution < 1.29 is 95.9 Å². The maximum Gasteiger partial charge on any atom is 0 e. The van der Waals surface area contributed by atoms with E-state index in [2.05, 4.69) is 24.3 Å². The molecule has 0 N–H and O–H groups in total. The summed E-state index contributed by atoms with van der Waals surface area (Å²) in [6, 6.07) is 0. The summed E-state index contributed by atoms with van der Waals surface area (Å²) in [5, 5.41) is 0. The third-order valence-corrected chi connectivity index (χ3v) is 1.17. The zero-order valence-corrected chi connectivity index (χ0v) is 25.3. The van der Waals surface area contributed by atoms with E-state index in [0.29, 0.717) is 0 Å². The van der Waals surface area contributed by atoms with Crippen LogP contribution in [0.2, 0.25) is 0 Å². The Labute approximate surface area is 197 Å². The van der Waals surface area contributed by atoms with Crippen LogP contribution in [0.3, 0.4) is 0 Å². The average molecular weight is 861 g/mol. The van der Waals surface area contributed by atoms with Crippen molar-refractivity contribution in [3.05, 3.63) is 63.5 Å². The van der Waals surface area contributed by atoms with Gasteiger partial charge in [0.2, 0.25) is 0 Å². The maximum atomic E-state index is 2.99. The molecule has 2 aliphatic rings. The van der Waals surface area contributed by atoms with E-state index in [1.807, 2.05) is 52.0 Å². The van der Waals surface area contributed by atoms with Gasteiger partial charge in [-0.3, -0.25) is 12.2 Å². The summed E-state index contributed by atoms with van der Waals surface area (Å²) in [6.07, 6.45) is 20.0. The number of rotatable bonds is 0. The molecule has 0 aliphatic heterocycles. The van der Waals surface area contributed by atoms with Gasteiger partial charge >= 0.3 is 0 Å². The van der Waals surface area contributed by atoms with E-state index in [1.165, 1.54) is 0 Å². The van der Waals surface area contributed by atoms with E-state index in [4.69, 9.17) is 0 Å². The molecule has 2 aliphatic carbocycles.